The second-order valence-electron chi connectivity index (χ2n) is 8.20. The highest BCUT2D eigenvalue weighted by molar-refractivity contribution is 6.30. The fourth-order valence-electron chi connectivity index (χ4n) is 3.76. The van der Waals surface area contributed by atoms with E-state index >= 15 is 0 Å². The number of amides is 1. The normalized spacial score (nSPS) is 11.7. The predicted molar refractivity (Wildman–Crippen MR) is 129 cm³/mol. The van der Waals surface area contributed by atoms with Crippen molar-refractivity contribution in [2.75, 3.05) is 5.32 Å². The highest BCUT2D eigenvalue weighted by atomic mass is 35.5. The first-order chi connectivity index (χ1) is 17.6. The Hall–Kier alpha value is -4.25. The molecule has 37 heavy (non-hydrogen) atoms. The number of halogens is 5. The Bertz CT molecular complexity index is 1630. The van der Waals surface area contributed by atoms with Crippen LogP contribution in [0.1, 0.15) is 27.4 Å². The molecule has 12 heteroatoms. The summed E-state index contributed by atoms with van der Waals surface area (Å²) in [6.07, 6.45) is -4.76. The Balaban J connectivity index is 1.45. The third-order valence-corrected chi connectivity index (χ3v) is 5.84. The fourth-order valence-corrected chi connectivity index (χ4v) is 3.88. The van der Waals surface area contributed by atoms with E-state index in [1.165, 1.54) is 10.7 Å². The molecule has 5 aromatic rings. The van der Waals surface area contributed by atoms with Gasteiger partial charge >= 0.3 is 6.18 Å². The third-order valence-electron chi connectivity index (χ3n) is 5.59. The van der Waals surface area contributed by atoms with E-state index in [4.69, 9.17) is 11.6 Å². The minimum atomic E-state index is -4.76. The van der Waals surface area contributed by atoms with Gasteiger partial charge in [0, 0.05) is 34.0 Å². The van der Waals surface area contributed by atoms with Crippen molar-refractivity contribution in [1.29, 1.82) is 0 Å². The highest BCUT2D eigenvalue weighted by Crippen LogP contribution is 2.32. The summed E-state index contributed by atoms with van der Waals surface area (Å²) in [5, 5.41) is 11.1. The topological polar surface area (TPSA) is 77.1 Å². The van der Waals surface area contributed by atoms with Crippen molar-refractivity contribution in [3.8, 4) is 11.3 Å². The Morgan fingerprint density at radius 3 is 2.46 bits per heavy atom. The third kappa shape index (κ3) is 5.03. The molecule has 0 radical (unpaired) electrons. The van der Waals surface area contributed by atoms with E-state index in [-0.39, 0.29) is 29.4 Å². The Kier molecular flexibility index (Phi) is 6.16. The summed E-state index contributed by atoms with van der Waals surface area (Å²) in [6, 6.07) is 16.0. The lowest BCUT2D eigenvalue weighted by molar-refractivity contribution is -0.142. The molecule has 0 fully saturated rings. The fraction of sp³-hybridized carbons (Fsp3) is 0.120. The summed E-state index contributed by atoms with van der Waals surface area (Å²) in [5.41, 5.74) is -0.0204. The van der Waals surface area contributed by atoms with Crippen LogP contribution >= 0.6 is 11.6 Å². The van der Waals surface area contributed by atoms with Crippen LogP contribution in [0, 0.1) is 12.7 Å². The van der Waals surface area contributed by atoms with Crippen molar-refractivity contribution in [3.05, 3.63) is 100 Å². The van der Waals surface area contributed by atoms with Crippen LogP contribution in [0.25, 0.3) is 16.9 Å². The van der Waals surface area contributed by atoms with E-state index in [1.807, 2.05) is 0 Å². The SMILES string of the molecule is Cc1cc(NC(=O)c2cc3nc(-c4ccc(Cl)cc4)cc(C(F)(F)F)n3n2)nn1Cc1ccccc1F. The number of benzene rings is 2. The van der Waals surface area contributed by atoms with Crippen LogP contribution in [-0.2, 0) is 12.7 Å². The number of fused-ring (bicyclic) bond motifs is 1. The van der Waals surface area contributed by atoms with Crippen LogP contribution < -0.4 is 5.32 Å². The van der Waals surface area contributed by atoms with Gasteiger partial charge in [0.05, 0.1) is 12.2 Å². The molecule has 0 aliphatic rings. The summed E-state index contributed by atoms with van der Waals surface area (Å²) >= 11 is 5.88. The molecule has 1 amide bonds. The van der Waals surface area contributed by atoms with Crippen molar-refractivity contribution in [2.24, 2.45) is 0 Å². The van der Waals surface area contributed by atoms with Crippen LogP contribution in [0.5, 0.6) is 0 Å². The molecular weight excluding hydrogens is 512 g/mol. The summed E-state index contributed by atoms with van der Waals surface area (Å²) in [4.78, 5) is 17.1. The summed E-state index contributed by atoms with van der Waals surface area (Å²) in [7, 11) is 0. The first kappa shape index (κ1) is 24.4. The van der Waals surface area contributed by atoms with Gasteiger partial charge in [-0.05, 0) is 31.2 Å². The van der Waals surface area contributed by atoms with E-state index in [9.17, 15) is 22.4 Å². The monoisotopic (exact) mass is 528 g/mol. The van der Waals surface area contributed by atoms with Crippen molar-refractivity contribution in [2.45, 2.75) is 19.6 Å². The second kappa shape index (κ2) is 9.32. The molecule has 0 spiro atoms. The number of hydrogen-bond donors (Lipinski definition) is 1. The standard InChI is InChI=1S/C25H17ClF4N6O/c1-14-10-22(34-35(14)13-16-4-2-3-5-18(16)27)32-24(37)20-12-23-31-19(15-6-8-17(26)9-7-15)11-21(25(28,29)30)36(23)33-20/h2-12H,13H2,1H3,(H,32,34,37). The lowest BCUT2D eigenvalue weighted by atomic mass is 10.1. The number of anilines is 1. The Morgan fingerprint density at radius 2 is 1.76 bits per heavy atom. The predicted octanol–water partition coefficient (Wildman–Crippen LogP) is 6.01. The highest BCUT2D eigenvalue weighted by Gasteiger charge is 2.35. The maximum atomic E-state index is 14.0. The number of aromatic nitrogens is 5. The average Bonchev–Trinajstić information content (AvgIpc) is 3.42. The van der Waals surface area contributed by atoms with Crippen LogP contribution in [0.3, 0.4) is 0 Å². The zero-order valence-corrected chi connectivity index (χ0v) is 19.8. The first-order valence-corrected chi connectivity index (χ1v) is 11.3. The van der Waals surface area contributed by atoms with Gasteiger partial charge in [-0.25, -0.2) is 13.9 Å². The molecular formula is C25H17ClF4N6O. The van der Waals surface area contributed by atoms with Gasteiger partial charge in [-0.15, -0.1) is 0 Å². The summed E-state index contributed by atoms with van der Waals surface area (Å²) < 4.78 is 57.6. The van der Waals surface area contributed by atoms with Gasteiger partial charge in [0.15, 0.2) is 22.9 Å². The molecule has 0 saturated heterocycles. The maximum absolute atomic E-state index is 14.0. The molecule has 7 nitrogen and oxygen atoms in total. The van der Waals surface area contributed by atoms with E-state index in [2.05, 4.69) is 20.5 Å². The molecule has 0 saturated carbocycles. The molecule has 0 aliphatic heterocycles. The number of rotatable bonds is 5. The van der Waals surface area contributed by atoms with E-state index in [0.29, 0.717) is 26.4 Å². The van der Waals surface area contributed by atoms with Crippen molar-refractivity contribution >= 4 is 29.0 Å². The summed E-state index contributed by atoms with van der Waals surface area (Å²) in [5.74, 6) is -1.03. The Labute approximate surface area is 212 Å². The zero-order valence-electron chi connectivity index (χ0n) is 19.1. The number of nitrogens with zero attached hydrogens (tertiary/aromatic N) is 5. The largest absolute Gasteiger partial charge is 0.433 e. The minimum absolute atomic E-state index is 0.0471. The van der Waals surface area contributed by atoms with E-state index < -0.39 is 23.6 Å². The molecule has 3 heterocycles. The van der Waals surface area contributed by atoms with Crippen LogP contribution in [0.4, 0.5) is 23.4 Å². The van der Waals surface area contributed by atoms with Crippen molar-refractivity contribution in [1.82, 2.24) is 24.4 Å². The Morgan fingerprint density at radius 1 is 1.03 bits per heavy atom. The van der Waals surface area contributed by atoms with Crippen molar-refractivity contribution in [3.63, 3.8) is 0 Å². The van der Waals surface area contributed by atoms with E-state index in [0.717, 1.165) is 12.1 Å². The molecule has 1 N–H and O–H groups in total. The van der Waals surface area contributed by atoms with Gasteiger partial charge in [0.2, 0.25) is 0 Å². The van der Waals surface area contributed by atoms with Crippen molar-refractivity contribution < 1.29 is 22.4 Å². The van der Waals surface area contributed by atoms with Crippen LogP contribution in [0.15, 0.2) is 66.7 Å². The number of nitrogens with one attached hydrogen (secondary N) is 1. The molecule has 3 aromatic heterocycles. The summed E-state index contributed by atoms with van der Waals surface area (Å²) in [6.45, 7) is 1.86. The molecule has 0 unspecified atom stereocenters. The number of hydrogen-bond acceptors (Lipinski definition) is 4. The maximum Gasteiger partial charge on any atom is 0.433 e. The quantitative estimate of drug-likeness (QED) is 0.283. The number of alkyl halides is 3. The molecule has 0 aliphatic carbocycles. The van der Waals surface area contributed by atoms with Gasteiger partial charge in [0.25, 0.3) is 5.91 Å². The second-order valence-corrected chi connectivity index (χ2v) is 8.64. The zero-order chi connectivity index (χ0) is 26.3. The molecule has 2 aromatic carbocycles. The lowest BCUT2D eigenvalue weighted by Crippen LogP contribution is -2.16. The number of carbonyl (C=O) groups is 1. The molecule has 0 atom stereocenters. The van der Waals surface area contributed by atoms with E-state index in [1.54, 1.807) is 55.5 Å². The molecule has 188 valence electrons. The average molecular weight is 529 g/mol. The van der Waals surface area contributed by atoms with Crippen LogP contribution in [0.2, 0.25) is 5.02 Å². The molecule has 5 rings (SSSR count). The lowest BCUT2D eigenvalue weighted by Gasteiger charge is -2.11. The first-order valence-electron chi connectivity index (χ1n) is 10.9. The molecule has 0 bridgehead atoms. The number of aryl methyl sites for hydroxylation is 1. The van der Waals surface area contributed by atoms with Crippen LogP contribution in [-0.4, -0.2) is 30.3 Å². The van der Waals surface area contributed by atoms with Gasteiger partial charge in [0.1, 0.15) is 5.82 Å². The van der Waals surface area contributed by atoms with Gasteiger partial charge in [-0.1, -0.05) is 41.9 Å². The van der Waals surface area contributed by atoms with Gasteiger partial charge in [-0.3, -0.25) is 9.48 Å². The van der Waals surface area contributed by atoms with Gasteiger partial charge < -0.3 is 5.32 Å². The van der Waals surface area contributed by atoms with Gasteiger partial charge in [-0.2, -0.15) is 23.4 Å². The number of carbonyl (C=O) groups excluding carboxylic acids is 1. The smallest absolute Gasteiger partial charge is 0.304 e. The minimum Gasteiger partial charge on any atom is -0.304 e.